The molecular weight excluding hydrogens is 338 g/mol. The normalized spacial score (nSPS) is 15.4. The molecule has 0 aliphatic carbocycles. The van der Waals surface area contributed by atoms with Gasteiger partial charge in [0.25, 0.3) is 5.91 Å². The molecule has 1 aliphatic rings. The fourth-order valence-electron chi connectivity index (χ4n) is 2.80. The minimum Gasteiger partial charge on any atom is -0.338 e. The van der Waals surface area contributed by atoms with Gasteiger partial charge >= 0.3 is 0 Å². The first kappa shape index (κ1) is 15.9. The lowest BCUT2D eigenvalue weighted by molar-refractivity contribution is 0.0615. The summed E-state index contributed by atoms with van der Waals surface area (Å²) >= 11 is 1.59. The Morgan fingerprint density at radius 3 is 2.68 bits per heavy atom. The summed E-state index contributed by atoms with van der Waals surface area (Å²) in [6, 6.07) is 7.44. The first-order chi connectivity index (χ1) is 12.3. The highest BCUT2D eigenvalue weighted by atomic mass is 32.1. The van der Waals surface area contributed by atoms with Crippen LogP contribution < -0.4 is 0 Å². The molecule has 1 aliphatic heterocycles. The third-order valence-electron chi connectivity index (χ3n) is 4.16. The van der Waals surface area contributed by atoms with E-state index in [-0.39, 0.29) is 5.91 Å². The van der Waals surface area contributed by atoms with Crippen LogP contribution in [0.5, 0.6) is 0 Å². The molecule has 0 unspecified atom stereocenters. The van der Waals surface area contributed by atoms with Crippen LogP contribution in [0.25, 0.3) is 10.7 Å². The molecule has 8 heteroatoms. The maximum atomic E-state index is 12.4. The number of amides is 1. The van der Waals surface area contributed by atoms with E-state index in [1.165, 1.54) is 0 Å². The Kier molecular flexibility index (Phi) is 4.53. The van der Waals surface area contributed by atoms with Gasteiger partial charge in [0, 0.05) is 44.1 Å². The lowest BCUT2D eigenvalue weighted by Crippen LogP contribution is -2.48. The number of thiophene rings is 1. The monoisotopic (exact) mass is 355 g/mol. The Labute approximate surface area is 148 Å². The molecule has 4 rings (SSSR count). The number of nitrogens with zero attached hydrogens (tertiary/aromatic N) is 5. The van der Waals surface area contributed by atoms with Gasteiger partial charge in [0.15, 0.2) is 0 Å². The third kappa shape index (κ3) is 3.59. The van der Waals surface area contributed by atoms with E-state index in [1.807, 2.05) is 22.4 Å². The Bertz CT molecular complexity index is 826. The van der Waals surface area contributed by atoms with Crippen molar-refractivity contribution >= 4 is 17.2 Å². The first-order valence-corrected chi connectivity index (χ1v) is 8.96. The van der Waals surface area contributed by atoms with E-state index in [0.717, 1.165) is 18.0 Å². The number of rotatable bonds is 4. The highest BCUT2D eigenvalue weighted by Crippen LogP contribution is 2.21. The molecule has 3 aromatic rings. The van der Waals surface area contributed by atoms with Crippen LogP contribution in [0.15, 0.2) is 46.6 Å². The van der Waals surface area contributed by atoms with Crippen molar-refractivity contribution in [2.75, 3.05) is 26.2 Å². The second-order valence-corrected chi connectivity index (χ2v) is 6.74. The van der Waals surface area contributed by atoms with Crippen molar-refractivity contribution in [3.63, 3.8) is 0 Å². The molecule has 0 radical (unpaired) electrons. The molecule has 1 fully saturated rings. The van der Waals surface area contributed by atoms with E-state index < -0.39 is 0 Å². The van der Waals surface area contributed by atoms with Gasteiger partial charge in [-0.3, -0.25) is 14.7 Å². The van der Waals surface area contributed by atoms with Gasteiger partial charge in [-0.15, -0.1) is 11.3 Å². The highest BCUT2D eigenvalue weighted by molar-refractivity contribution is 7.13. The lowest BCUT2D eigenvalue weighted by Gasteiger charge is -2.33. The predicted octanol–water partition coefficient (Wildman–Crippen LogP) is 2.15. The standard InChI is InChI=1S/C17H17N5O2S/c23-17(13-3-5-18-6-4-13)22-9-7-21(8-10-22)12-15-19-16(20-24-15)14-2-1-11-25-14/h1-6,11H,7-10,12H2. The average Bonchev–Trinajstić information content (AvgIpc) is 3.34. The Hall–Kier alpha value is -2.58. The summed E-state index contributed by atoms with van der Waals surface area (Å²) in [6.45, 7) is 3.55. The number of pyridine rings is 1. The second-order valence-electron chi connectivity index (χ2n) is 5.79. The predicted molar refractivity (Wildman–Crippen MR) is 93.0 cm³/mol. The first-order valence-electron chi connectivity index (χ1n) is 8.08. The summed E-state index contributed by atoms with van der Waals surface area (Å²) < 4.78 is 5.35. The summed E-state index contributed by atoms with van der Waals surface area (Å²) in [5.74, 6) is 1.30. The largest absolute Gasteiger partial charge is 0.338 e. The number of carbonyl (C=O) groups excluding carboxylic acids is 1. The van der Waals surface area contributed by atoms with Crippen molar-refractivity contribution in [3.8, 4) is 10.7 Å². The molecule has 0 atom stereocenters. The minimum absolute atomic E-state index is 0.0554. The molecule has 25 heavy (non-hydrogen) atoms. The van der Waals surface area contributed by atoms with Crippen LogP contribution in [0.3, 0.4) is 0 Å². The van der Waals surface area contributed by atoms with Gasteiger partial charge < -0.3 is 9.42 Å². The van der Waals surface area contributed by atoms with E-state index in [0.29, 0.717) is 36.9 Å². The van der Waals surface area contributed by atoms with Crippen molar-refractivity contribution in [2.45, 2.75) is 6.54 Å². The minimum atomic E-state index is 0.0554. The van der Waals surface area contributed by atoms with Crippen molar-refractivity contribution in [2.24, 2.45) is 0 Å². The van der Waals surface area contributed by atoms with Gasteiger partial charge in [-0.05, 0) is 23.6 Å². The quantitative estimate of drug-likeness (QED) is 0.714. The van der Waals surface area contributed by atoms with Crippen LogP contribution in [-0.2, 0) is 6.54 Å². The van der Waals surface area contributed by atoms with Crippen molar-refractivity contribution in [3.05, 3.63) is 53.5 Å². The number of hydrogen-bond donors (Lipinski definition) is 0. The summed E-state index contributed by atoms with van der Waals surface area (Å²) in [5, 5.41) is 6.02. The zero-order valence-corrected chi connectivity index (χ0v) is 14.4. The molecule has 0 aromatic carbocycles. The number of piperazine rings is 1. The summed E-state index contributed by atoms with van der Waals surface area (Å²) in [4.78, 5) is 25.9. The van der Waals surface area contributed by atoms with Crippen LogP contribution in [0.4, 0.5) is 0 Å². The molecule has 0 N–H and O–H groups in total. The third-order valence-corrected chi connectivity index (χ3v) is 5.02. The average molecular weight is 355 g/mol. The summed E-state index contributed by atoms with van der Waals surface area (Å²) in [6.07, 6.45) is 3.29. The molecule has 1 amide bonds. The van der Waals surface area contributed by atoms with Crippen molar-refractivity contribution in [1.82, 2.24) is 24.9 Å². The molecule has 7 nitrogen and oxygen atoms in total. The number of hydrogen-bond acceptors (Lipinski definition) is 7. The molecule has 128 valence electrons. The topological polar surface area (TPSA) is 75.4 Å². The highest BCUT2D eigenvalue weighted by Gasteiger charge is 2.23. The van der Waals surface area contributed by atoms with Gasteiger partial charge in [0.05, 0.1) is 11.4 Å². The van der Waals surface area contributed by atoms with Gasteiger partial charge in [-0.1, -0.05) is 11.2 Å². The summed E-state index contributed by atoms with van der Waals surface area (Å²) in [7, 11) is 0. The molecular formula is C17H17N5O2S. The maximum absolute atomic E-state index is 12.4. The van der Waals surface area contributed by atoms with E-state index in [2.05, 4.69) is 20.0 Å². The zero-order valence-electron chi connectivity index (χ0n) is 13.5. The smallest absolute Gasteiger partial charge is 0.254 e. The maximum Gasteiger partial charge on any atom is 0.254 e. The van der Waals surface area contributed by atoms with Crippen molar-refractivity contribution < 1.29 is 9.32 Å². The molecule has 0 spiro atoms. The SMILES string of the molecule is O=C(c1ccncc1)N1CCN(Cc2nc(-c3cccs3)no2)CC1. The van der Waals surface area contributed by atoms with Crippen LogP contribution in [0, 0.1) is 0 Å². The van der Waals surface area contributed by atoms with Crippen LogP contribution in [-0.4, -0.2) is 57.0 Å². The van der Waals surface area contributed by atoms with E-state index in [9.17, 15) is 4.79 Å². The Morgan fingerprint density at radius 2 is 1.96 bits per heavy atom. The van der Waals surface area contributed by atoms with Gasteiger partial charge in [0.1, 0.15) is 0 Å². The summed E-state index contributed by atoms with van der Waals surface area (Å²) in [5.41, 5.74) is 0.681. The number of carbonyl (C=O) groups is 1. The Balaban J connectivity index is 1.33. The molecule has 1 saturated heterocycles. The molecule has 0 bridgehead atoms. The van der Waals surface area contributed by atoms with E-state index >= 15 is 0 Å². The zero-order chi connectivity index (χ0) is 17.1. The van der Waals surface area contributed by atoms with Gasteiger partial charge in [-0.2, -0.15) is 4.98 Å². The fourth-order valence-corrected chi connectivity index (χ4v) is 3.45. The van der Waals surface area contributed by atoms with Gasteiger partial charge in [0.2, 0.25) is 11.7 Å². The van der Waals surface area contributed by atoms with Gasteiger partial charge in [-0.25, -0.2) is 0 Å². The fraction of sp³-hybridized carbons (Fsp3) is 0.294. The number of aromatic nitrogens is 3. The van der Waals surface area contributed by atoms with Crippen LogP contribution in [0.2, 0.25) is 0 Å². The Morgan fingerprint density at radius 1 is 1.16 bits per heavy atom. The second kappa shape index (κ2) is 7.12. The molecule has 4 heterocycles. The van der Waals surface area contributed by atoms with Crippen LogP contribution >= 0.6 is 11.3 Å². The molecule has 3 aromatic heterocycles. The van der Waals surface area contributed by atoms with Crippen molar-refractivity contribution in [1.29, 1.82) is 0 Å². The van der Waals surface area contributed by atoms with E-state index in [4.69, 9.17) is 4.52 Å². The lowest BCUT2D eigenvalue weighted by atomic mass is 10.2. The van der Waals surface area contributed by atoms with Crippen LogP contribution in [0.1, 0.15) is 16.2 Å². The molecule has 0 saturated carbocycles. The van der Waals surface area contributed by atoms with E-state index in [1.54, 1.807) is 35.9 Å².